The Morgan fingerprint density at radius 3 is 2.23 bits per heavy atom. The molecule has 0 aliphatic carbocycles. The number of nitro groups is 1. The minimum atomic E-state index is -4.77. The maximum Gasteiger partial charge on any atom is 0.573 e. The van der Waals surface area contributed by atoms with Crippen LogP contribution in [0.4, 0.5) is 19.1 Å². The van der Waals surface area contributed by atoms with Crippen molar-refractivity contribution in [1.82, 2.24) is 0 Å². The first-order chi connectivity index (χ1) is 9.76. The third-order valence-electron chi connectivity index (χ3n) is 2.57. The molecule has 0 saturated carbocycles. The van der Waals surface area contributed by atoms with Gasteiger partial charge in [0, 0.05) is 0 Å². The van der Waals surface area contributed by atoms with Crippen LogP contribution in [0.3, 0.4) is 0 Å². The van der Waals surface area contributed by atoms with Crippen LogP contribution < -0.4 is 10.5 Å². The molecule has 10 heteroatoms. The second-order valence-electron chi connectivity index (χ2n) is 4.03. The summed E-state index contributed by atoms with van der Waals surface area (Å²) in [5.74, 6) is -0.715. The monoisotopic (exact) mass is 338 g/mol. The number of hydrogen-bond acceptors (Lipinski definition) is 5. The second-order valence-corrected chi connectivity index (χ2v) is 4.03. The Hall–Kier alpha value is -2.26. The molecule has 0 bridgehead atoms. The Kier molecular flexibility index (Phi) is 5.39. The van der Waals surface area contributed by atoms with Crippen LogP contribution in [0.15, 0.2) is 40.8 Å². The average molecular weight is 339 g/mol. The normalized spacial score (nSPS) is 12.4. The molecule has 1 aromatic carbocycles. The predicted molar refractivity (Wildman–Crippen MR) is 71.8 cm³/mol. The highest BCUT2D eigenvalue weighted by Crippen LogP contribution is 2.28. The van der Waals surface area contributed by atoms with Crippen molar-refractivity contribution in [2.45, 2.75) is 12.4 Å². The zero-order valence-electron chi connectivity index (χ0n) is 10.7. The second kappa shape index (κ2) is 6.67. The van der Waals surface area contributed by atoms with E-state index in [-0.39, 0.29) is 23.9 Å². The highest BCUT2D eigenvalue weighted by molar-refractivity contribution is 5.85. The van der Waals surface area contributed by atoms with Crippen molar-refractivity contribution in [3.05, 3.63) is 57.8 Å². The summed E-state index contributed by atoms with van der Waals surface area (Å²) < 4.78 is 44.7. The number of nitrogens with zero attached hydrogens (tertiary/aromatic N) is 1. The third-order valence-corrected chi connectivity index (χ3v) is 2.57. The van der Waals surface area contributed by atoms with Gasteiger partial charge >= 0.3 is 12.2 Å². The van der Waals surface area contributed by atoms with Crippen molar-refractivity contribution in [3.8, 4) is 5.75 Å². The van der Waals surface area contributed by atoms with E-state index >= 15 is 0 Å². The molecule has 0 radical (unpaired) electrons. The maximum absolute atomic E-state index is 12.0. The fourth-order valence-corrected chi connectivity index (χ4v) is 1.65. The Bertz CT molecular complexity index is 643. The van der Waals surface area contributed by atoms with Crippen LogP contribution in [0.2, 0.25) is 0 Å². The van der Waals surface area contributed by atoms with Gasteiger partial charge in [-0.2, -0.15) is 0 Å². The van der Waals surface area contributed by atoms with E-state index in [4.69, 9.17) is 10.2 Å². The molecule has 2 N–H and O–H groups in total. The highest BCUT2D eigenvalue weighted by Gasteiger charge is 2.31. The lowest BCUT2D eigenvalue weighted by molar-refractivity contribution is -0.402. The van der Waals surface area contributed by atoms with Crippen LogP contribution in [-0.2, 0) is 0 Å². The molecule has 1 aromatic heterocycles. The molecule has 6 nitrogen and oxygen atoms in total. The van der Waals surface area contributed by atoms with Crippen LogP contribution in [-0.4, -0.2) is 11.3 Å². The lowest BCUT2D eigenvalue weighted by Crippen LogP contribution is -2.17. The summed E-state index contributed by atoms with van der Waals surface area (Å²) in [6.07, 6.45) is -4.77. The SMILES string of the molecule is Cl.N[C@@H](c1ccc(OC(F)(F)F)cc1)c1ccc([N+](=O)[O-])o1. The van der Waals surface area contributed by atoms with Gasteiger partial charge in [0.25, 0.3) is 0 Å². The molecule has 0 amide bonds. The molecule has 0 aliphatic rings. The van der Waals surface area contributed by atoms with Gasteiger partial charge in [-0.25, -0.2) is 0 Å². The van der Waals surface area contributed by atoms with Crippen molar-refractivity contribution in [3.63, 3.8) is 0 Å². The number of benzene rings is 1. The number of hydrogen-bond donors (Lipinski definition) is 1. The molecule has 0 aliphatic heterocycles. The Balaban J connectivity index is 0.00000242. The van der Waals surface area contributed by atoms with Crippen molar-refractivity contribution in [2.24, 2.45) is 5.73 Å². The van der Waals surface area contributed by atoms with Crippen molar-refractivity contribution in [2.75, 3.05) is 0 Å². The van der Waals surface area contributed by atoms with E-state index in [1.165, 1.54) is 18.2 Å². The number of ether oxygens (including phenoxy) is 1. The van der Waals surface area contributed by atoms with Crippen molar-refractivity contribution >= 4 is 18.3 Å². The fourth-order valence-electron chi connectivity index (χ4n) is 1.65. The Labute approximate surface area is 128 Å². The number of nitrogens with two attached hydrogens (primary N) is 1. The first-order valence-corrected chi connectivity index (χ1v) is 5.61. The summed E-state index contributed by atoms with van der Waals surface area (Å²) >= 11 is 0. The Morgan fingerprint density at radius 2 is 1.77 bits per heavy atom. The first kappa shape index (κ1) is 17.8. The first-order valence-electron chi connectivity index (χ1n) is 5.61. The molecular weight excluding hydrogens is 329 g/mol. The van der Waals surface area contributed by atoms with Crippen LogP contribution in [0.25, 0.3) is 0 Å². The van der Waals surface area contributed by atoms with Gasteiger partial charge in [0.05, 0.1) is 12.1 Å². The topological polar surface area (TPSA) is 91.5 Å². The van der Waals surface area contributed by atoms with Crippen LogP contribution in [0.5, 0.6) is 5.75 Å². The molecule has 2 rings (SSSR count). The van der Waals surface area contributed by atoms with E-state index < -0.39 is 23.2 Å². The van der Waals surface area contributed by atoms with Gasteiger partial charge in [0.15, 0.2) is 0 Å². The van der Waals surface area contributed by atoms with Gasteiger partial charge in [-0.05, 0) is 23.8 Å². The summed E-state index contributed by atoms with van der Waals surface area (Å²) in [5, 5.41) is 10.5. The van der Waals surface area contributed by atoms with Gasteiger partial charge in [0.1, 0.15) is 16.4 Å². The lowest BCUT2D eigenvalue weighted by Gasteiger charge is -2.11. The minimum Gasteiger partial charge on any atom is -0.406 e. The molecule has 1 heterocycles. The van der Waals surface area contributed by atoms with E-state index in [0.717, 1.165) is 18.2 Å². The summed E-state index contributed by atoms with van der Waals surface area (Å²) in [6, 6.07) is 6.48. The summed E-state index contributed by atoms with van der Waals surface area (Å²) in [7, 11) is 0. The van der Waals surface area contributed by atoms with E-state index in [1.807, 2.05) is 0 Å². The molecule has 0 saturated heterocycles. The van der Waals surface area contributed by atoms with Gasteiger partial charge in [-0.3, -0.25) is 10.1 Å². The number of rotatable bonds is 4. The third kappa shape index (κ3) is 4.37. The van der Waals surface area contributed by atoms with Crippen LogP contribution in [0.1, 0.15) is 17.4 Å². The summed E-state index contributed by atoms with van der Waals surface area (Å²) in [4.78, 5) is 9.79. The highest BCUT2D eigenvalue weighted by atomic mass is 35.5. The molecule has 0 spiro atoms. The average Bonchev–Trinajstić information content (AvgIpc) is 2.86. The quantitative estimate of drug-likeness (QED) is 0.679. The molecule has 2 aromatic rings. The predicted octanol–water partition coefficient (Wildman–Crippen LogP) is 3.56. The van der Waals surface area contributed by atoms with Crippen LogP contribution >= 0.6 is 12.4 Å². The summed E-state index contributed by atoms with van der Waals surface area (Å²) in [5.41, 5.74) is 6.25. The smallest absolute Gasteiger partial charge is 0.406 e. The Morgan fingerprint density at radius 1 is 1.18 bits per heavy atom. The zero-order valence-corrected chi connectivity index (χ0v) is 11.6. The van der Waals surface area contributed by atoms with Crippen LogP contribution in [0, 0.1) is 10.1 Å². The van der Waals surface area contributed by atoms with Crippen molar-refractivity contribution < 1.29 is 27.2 Å². The molecular formula is C12H10ClF3N2O4. The molecule has 1 atom stereocenters. The fraction of sp³-hybridized carbons (Fsp3) is 0.167. The molecule has 22 heavy (non-hydrogen) atoms. The largest absolute Gasteiger partial charge is 0.573 e. The number of halogens is 4. The zero-order chi connectivity index (χ0) is 15.6. The van der Waals surface area contributed by atoms with E-state index in [0.29, 0.717) is 5.56 Å². The minimum absolute atomic E-state index is 0. The molecule has 120 valence electrons. The number of furan rings is 1. The maximum atomic E-state index is 12.0. The molecule has 0 fully saturated rings. The number of alkyl halides is 3. The van der Waals surface area contributed by atoms with E-state index in [2.05, 4.69) is 4.74 Å². The standard InChI is InChI=1S/C12H9F3N2O4.ClH/c13-12(14,15)21-8-3-1-7(2-4-8)11(16)9-5-6-10(20-9)17(18)19;/h1-6,11H,16H2;1H/t11-;/m0./s1. The van der Waals surface area contributed by atoms with Gasteiger partial charge in [-0.15, -0.1) is 25.6 Å². The van der Waals surface area contributed by atoms with Gasteiger partial charge in [0.2, 0.25) is 0 Å². The van der Waals surface area contributed by atoms with Gasteiger partial charge < -0.3 is 14.9 Å². The lowest BCUT2D eigenvalue weighted by atomic mass is 10.1. The van der Waals surface area contributed by atoms with E-state index in [1.54, 1.807) is 0 Å². The van der Waals surface area contributed by atoms with Crippen molar-refractivity contribution in [1.29, 1.82) is 0 Å². The van der Waals surface area contributed by atoms with Gasteiger partial charge in [-0.1, -0.05) is 12.1 Å². The van der Waals surface area contributed by atoms with E-state index in [9.17, 15) is 23.3 Å². The summed E-state index contributed by atoms with van der Waals surface area (Å²) in [6.45, 7) is 0. The molecule has 0 unspecified atom stereocenters.